The van der Waals surface area contributed by atoms with Crippen LogP contribution in [0.15, 0.2) is 41.5 Å². The third-order valence-corrected chi connectivity index (χ3v) is 6.30. The molecule has 2 aromatic rings. The molecule has 9 nitrogen and oxygen atoms in total. The Morgan fingerprint density at radius 1 is 1.23 bits per heavy atom. The van der Waals surface area contributed by atoms with Crippen LogP contribution < -0.4 is 9.47 Å². The van der Waals surface area contributed by atoms with E-state index in [0.29, 0.717) is 49.1 Å². The summed E-state index contributed by atoms with van der Waals surface area (Å²) in [5, 5.41) is 10.1. The van der Waals surface area contributed by atoms with Crippen LogP contribution in [0.2, 0.25) is 0 Å². The lowest BCUT2D eigenvalue weighted by atomic mass is 10.1. The minimum atomic E-state index is -0.316. The number of aromatic nitrogens is 1. The highest BCUT2D eigenvalue weighted by Gasteiger charge is 2.22. The Kier molecular flexibility index (Phi) is 10.1. The lowest BCUT2D eigenvalue weighted by Crippen LogP contribution is -2.48. The van der Waals surface area contributed by atoms with E-state index in [1.165, 1.54) is 6.26 Å². The number of nitrogens with zero attached hydrogens (tertiary/aromatic N) is 4. The second kappa shape index (κ2) is 13.3. The van der Waals surface area contributed by atoms with E-state index < -0.39 is 0 Å². The Bertz CT molecular complexity index is 955. The molecule has 0 aliphatic carbocycles. The zero-order valence-electron chi connectivity index (χ0n) is 21.1. The molecule has 35 heavy (non-hydrogen) atoms. The Hall–Kier alpha value is -2.88. The molecule has 1 aromatic heterocycles. The van der Waals surface area contributed by atoms with Crippen molar-refractivity contribution in [1.29, 1.82) is 0 Å². The number of hydrogen-bond acceptors (Lipinski definition) is 8. The summed E-state index contributed by atoms with van der Waals surface area (Å²) < 4.78 is 16.2. The third-order valence-electron chi connectivity index (χ3n) is 6.30. The fourth-order valence-corrected chi connectivity index (χ4v) is 4.13. The van der Waals surface area contributed by atoms with E-state index in [1.54, 1.807) is 26.2 Å². The van der Waals surface area contributed by atoms with Crippen molar-refractivity contribution in [3.05, 3.63) is 54.3 Å². The molecule has 1 aromatic carbocycles. The number of aliphatic hydroxyl groups is 1. The molecule has 0 radical (unpaired) electrons. The molecule has 3 rings (SSSR count). The molecule has 1 amide bonds. The topological polar surface area (TPSA) is 91.5 Å². The maximum Gasteiger partial charge on any atom is 0.275 e. The van der Waals surface area contributed by atoms with E-state index in [4.69, 9.17) is 13.9 Å². The fraction of sp³-hybridized carbons (Fsp3) is 0.538. The number of carbonyl (C=O) groups is 1. The molecule has 0 spiro atoms. The van der Waals surface area contributed by atoms with Crippen LogP contribution in [0.25, 0.3) is 0 Å². The molecule has 1 atom stereocenters. The van der Waals surface area contributed by atoms with Gasteiger partial charge in [0.1, 0.15) is 6.26 Å². The summed E-state index contributed by atoms with van der Waals surface area (Å²) >= 11 is 0. The van der Waals surface area contributed by atoms with Crippen LogP contribution >= 0.6 is 0 Å². The number of oxazole rings is 1. The number of aliphatic hydroxyl groups excluding tert-OH is 1. The van der Waals surface area contributed by atoms with Crippen molar-refractivity contribution in [1.82, 2.24) is 19.7 Å². The van der Waals surface area contributed by atoms with Gasteiger partial charge >= 0.3 is 0 Å². The van der Waals surface area contributed by atoms with Gasteiger partial charge in [0, 0.05) is 46.3 Å². The van der Waals surface area contributed by atoms with Gasteiger partial charge in [0.15, 0.2) is 17.2 Å². The maximum absolute atomic E-state index is 12.8. The molecule has 1 saturated heterocycles. The number of benzene rings is 1. The number of piperazine rings is 1. The van der Waals surface area contributed by atoms with Gasteiger partial charge in [0.25, 0.3) is 5.91 Å². The second-order valence-electron chi connectivity index (χ2n) is 8.89. The highest BCUT2D eigenvalue weighted by molar-refractivity contribution is 5.91. The predicted octanol–water partition coefficient (Wildman–Crippen LogP) is 2.45. The highest BCUT2D eigenvalue weighted by atomic mass is 16.5. The minimum absolute atomic E-state index is 0.168. The van der Waals surface area contributed by atoms with Crippen LogP contribution in [0.5, 0.6) is 11.5 Å². The van der Waals surface area contributed by atoms with Crippen LogP contribution in [-0.4, -0.2) is 97.3 Å². The van der Waals surface area contributed by atoms with E-state index in [2.05, 4.69) is 21.4 Å². The Morgan fingerprint density at radius 3 is 2.63 bits per heavy atom. The van der Waals surface area contributed by atoms with Crippen molar-refractivity contribution in [2.75, 3.05) is 60.5 Å². The van der Waals surface area contributed by atoms with Gasteiger partial charge in [0.05, 0.1) is 26.9 Å². The summed E-state index contributed by atoms with van der Waals surface area (Å²) in [6.07, 6.45) is 5.23. The smallest absolute Gasteiger partial charge is 0.275 e. The lowest BCUT2D eigenvalue weighted by molar-refractivity contribution is 0.0642. The Balaban J connectivity index is 1.44. The van der Waals surface area contributed by atoms with E-state index >= 15 is 0 Å². The van der Waals surface area contributed by atoms with Gasteiger partial charge in [-0.3, -0.25) is 14.6 Å². The molecule has 0 bridgehead atoms. The number of allylic oxidation sites excluding steroid dienone is 1. The van der Waals surface area contributed by atoms with Crippen molar-refractivity contribution in [3.63, 3.8) is 0 Å². The van der Waals surface area contributed by atoms with E-state index in [1.807, 2.05) is 24.3 Å². The molecule has 9 heteroatoms. The molecular formula is C26H38N4O5. The number of β-amino-alcohol motifs (C(OH)–C–C–N with tert-alkyl or cyclic N) is 1. The third kappa shape index (κ3) is 7.81. The normalized spacial score (nSPS) is 15.5. The number of rotatable bonds is 13. The van der Waals surface area contributed by atoms with Crippen molar-refractivity contribution < 1.29 is 23.8 Å². The lowest BCUT2D eigenvalue weighted by Gasteiger charge is -2.34. The van der Waals surface area contributed by atoms with E-state index in [-0.39, 0.29) is 12.0 Å². The van der Waals surface area contributed by atoms with Gasteiger partial charge in [0.2, 0.25) is 5.89 Å². The van der Waals surface area contributed by atoms with Crippen LogP contribution in [0.4, 0.5) is 0 Å². The molecule has 1 fully saturated rings. The van der Waals surface area contributed by atoms with E-state index in [0.717, 1.165) is 44.6 Å². The first kappa shape index (κ1) is 26.7. The molecule has 1 unspecified atom stereocenters. The number of methoxy groups -OCH3 is 2. The van der Waals surface area contributed by atoms with Crippen molar-refractivity contribution >= 4 is 5.91 Å². The first-order valence-corrected chi connectivity index (χ1v) is 12.1. The average Bonchev–Trinajstić information content (AvgIpc) is 3.34. The SMILES string of the molecule is C=CCCC(O)CN1CCN(Cc2nc(C(=O)N(C)CCc3ccc(OC)c(OC)c3)co2)CC1. The molecule has 2 heterocycles. The van der Waals surface area contributed by atoms with Crippen molar-refractivity contribution in [2.45, 2.75) is 31.9 Å². The van der Waals surface area contributed by atoms with Gasteiger partial charge < -0.3 is 23.9 Å². The number of amides is 1. The van der Waals surface area contributed by atoms with Crippen LogP contribution in [-0.2, 0) is 13.0 Å². The number of ether oxygens (including phenoxy) is 2. The van der Waals surface area contributed by atoms with Gasteiger partial charge in [-0.1, -0.05) is 12.1 Å². The monoisotopic (exact) mass is 486 g/mol. The summed E-state index contributed by atoms with van der Waals surface area (Å²) in [6, 6.07) is 5.76. The second-order valence-corrected chi connectivity index (χ2v) is 8.89. The molecule has 1 aliphatic rings. The largest absolute Gasteiger partial charge is 0.493 e. The van der Waals surface area contributed by atoms with Gasteiger partial charge in [-0.2, -0.15) is 0 Å². The van der Waals surface area contributed by atoms with Gasteiger partial charge in [-0.25, -0.2) is 4.98 Å². The van der Waals surface area contributed by atoms with Gasteiger partial charge in [-0.15, -0.1) is 6.58 Å². The van der Waals surface area contributed by atoms with Crippen LogP contribution in [0.3, 0.4) is 0 Å². The summed E-state index contributed by atoms with van der Waals surface area (Å²) in [6.45, 7) is 9.00. The molecule has 1 N–H and O–H groups in total. The number of hydrogen-bond donors (Lipinski definition) is 1. The van der Waals surface area contributed by atoms with Crippen LogP contribution in [0, 0.1) is 0 Å². The number of likely N-dealkylation sites (N-methyl/N-ethyl adjacent to an activating group) is 1. The Labute approximate surface area is 207 Å². The van der Waals surface area contributed by atoms with E-state index in [9.17, 15) is 9.90 Å². The molecule has 1 aliphatic heterocycles. The fourth-order valence-electron chi connectivity index (χ4n) is 4.13. The van der Waals surface area contributed by atoms with Crippen molar-refractivity contribution in [3.8, 4) is 11.5 Å². The van der Waals surface area contributed by atoms with Crippen LogP contribution in [0.1, 0.15) is 34.8 Å². The zero-order valence-corrected chi connectivity index (χ0v) is 21.1. The zero-order chi connectivity index (χ0) is 25.2. The molecule has 192 valence electrons. The number of carbonyl (C=O) groups excluding carboxylic acids is 1. The predicted molar refractivity (Wildman–Crippen MR) is 134 cm³/mol. The first-order valence-electron chi connectivity index (χ1n) is 12.1. The first-order chi connectivity index (χ1) is 16.9. The highest BCUT2D eigenvalue weighted by Crippen LogP contribution is 2.27. The average molecular weight is 487 g/mol. The van der Waals surface area contributed by atoms with Gasteiger partial charge in [-0.05, 0) is 37.0 Å². The quantitative estimate of drug-likeness (QED) is 0.432. The maximum atomic E-state index is 12.8. The molecular weight excluding hydrogens is 448 g/mol. The minimum Gasteiger partial charge on any atom is -0.493 e. The summed E-state index contributed by atoms with van der Waals surface area (Å²) in [5.41, 5.74) is 1.37. The summed E-state index contributed by atoms with van der Waals surface area (Å²) in [4.78, 5) is 23.4. The summed E-state index contributed by atoms with van der Waals surface area (Å²) in [5.74, 6) is 1.73. The summed E-state index contributed by atoms with van der Waals surface area (Å²) in [7, 11) is 4.98. The Morgan fingerprint density at radius 2 is 1.94 bits per heavy atom. The standard InChI is InChI=1S/C26H38N4O5/c1-5-6-7-21(31)17-29-12-14-30(15-13-29)18-25-27-22(19-35-25)26(32)28(2)11-10-20-8-9-23(33-3)24(16-20)34-4/h5,8-9,16,19,21,31H,1,6-7,10-15,17-18H2,2-4H3. The molecule has 0 saturated carbocycles. The van der Waals surface area contributed by atoms with Crippen molar-refractivity contribution in [2.24, 2.45) is 0 Å².